The number of benzene rings is 2. The molecule has 0 unspecified atom stereocenters. The minimum atomic E-state index is -4.80. The van der Waals surface area contributed by atoms with Crippen molar-refractivity contribution < 1.29 is 27.5 Å². The Morgan fingerprint density at radius 3 is 2.56 bits per heavy atom. The zero-order chi connectivity index (χ0) is 25.9. The number of carboxylic acid groups (broad SMARTS) is 1. The molecule has 0 aliphatic heterocycles. The van der Waals surface area contributed by atoms with E-state index in [4.69, 9.17) is 11.6 Å². The lowest BCUT2D eigenvalue weighted by molar-refractivity contribution is -0.137. The summed E-state index contributed by atoms with van der Waals surface area (Å²) >= 11 is 6.95. The quantitative estimate of drug-likeness (QED) is 0.306. The number of aromatic nitrogens is 3. The monoisotopic (exact) mass is 537 g/mol. The average Bonchev–Trinajstić information content (AvgIpc) is 3.39. The number of H-pyrrole nitrogens is 1. The summed E-state index contributed by atoms with van der Waals surface area (Å²) in [5.74, 6) is -2.49. The molecule has 0 saturated heterocycles. The molecule has 2 aromatic carbocycles. The summed E-state index contributed by atoms with van der Waals surface area (Å²) in [6.45, 7) is -0.455. The van der Waals surface area contributed by atoms with Gasteiger partial charge >= 0.3 is 17.8 Å². The van der Waals surface area contributed by atoms with Gasteiger partial charge in [0, 0.05) is 21.7 Å². The molecule has 0 bridgehead atoms. The van der Waals surface area contributed by atoms with Crippen molar-refractivity contribution in [2.45, 2.75) is 12.7 Å². The second kappa shape index (κ2) is 8.35. The Labute approximate surface area is 206 Å². The van der Waals surface area contributed by atoms with Gasteiger partial charge < -0.3 is 14.7 Å². The third kappa shape index (κ3) is 3.69. The van der Waals surface area contributed by atoms with Gasteiger partial charge in [0.2, 0.25) is 0 Å². The number of carbonyl (C=O) groups is 1. The van der Waals surface area contributed by atoms with Gasteiger partial charge in [0.05, 0.1) is 39.2 Å². The van der Waals surface area contributed by atoms with E-state index >= 15 is 0 Å². The van der Waals surface area contributed by atoms with Crippen LogP contribution in [0.15, 0.2) is 56.7 Å². The van der Waals surface area contributed by atoms with E-state index in [9.17, 15) is 37.1 Å². The highest BCUT2D eigenvalue weighted by Gasteiger charge is 2.33. The van der Waals surface area contributed by atoms with Gasteiger partial charge in [0.1, 0.15) is 5.82 Å². The highest BCUT2D eigenvalue weighted by molar-refractivity contribution is 7.09. The van der Waals surface area contributed by atoms with Crippen molar-refractivity contribution >= 4 is 50.7 Å². The lowest BCUT2D eigenvalue weighted by atomic mass is 10.1. The van der Waals surface area contributed by atoms with E-state index in [0.717, 1.165) is 28.0 Å². The molecule has 5 rings (SSSR count). The van der Waals surface area contributed by atoms with Crippen LogP contribution in [-0.4, -0.2) is 25.2 Å². The molecule has 13 heteroatoms. The number of nitrogens with zero attached hydrogens (tertiary/aromatic N) is 2. The molecule has 2 N–H and O–H groups in total. The molecule has 0 aliphatic carbocycles. The summed E-state index contributed by atoms with van der Waals surface area (Å²) in [5.41, 5.74) is -4.24. The smallest absolute Gasteiger partial charge is 0.416 e. The van der Waals surface area contributed by atoms with Gasteiger partial charge in [-0.1, -0.05) is 23.7 Å². The summed E-state index contributed by atoms with van der Waals surface area (Å²) in [7, 11) is 0. The minimum absolute atomic E-state index is 0.0460. The number of alkyl halides is 3. The van der Waals surface area contributed by atoms with Crippen LogP contribution in [0.4, 0.5) is 17.6 Å². The molecular weight excluding hydrogens is 526 g/mol. The Bertz CT molecular complexity index is 1820. The fraction of sp³-hybridized carbons (Fsp3) is 0.0870. The van der Waals surface area contributed by atoms with E-state index in [1.54, 1.807) is 0 Å². The standard InChI is InChI=1S/C23H12ClF4N3O4S/c24-14-3-1-2-10(17(14)25)7-30-16-5-4-11(23(26,27)28)6-12(16)18(19(30)21(33)34)31-20(32)13-8-36-9-15(13)29-22(31)35/h1-6,8-9H,7H2,(H,29,35)(H,33,34). The Morgan fingerprint density at radius 1 is 1.11 bits per heavy atom. The molecule has 0 saturated carbocycles. The van der Waals surface area contributed by atoms with Crippen LogP contribution in [-0.2, 0) is 12.7 Å². The molecule has 5 aromatic rings. The number of halogens is 5. The number of aromatic amines is 1. The molecule has 0 aliphatic rings. The van der Waals surface area contributed by atoms with Crippen LogP contribution < -0.4 is 11.2 Å². The maximum absolute atomic E-state index is 14.7. The normalized spacial score (nSPS) is 12.0. The van der Waals surface area contributed by atoms with Crippen LogP contribution in [0.25, 0.3) is 27.5 Å². The van der Waals surface area contributed by atoms with Gasteiger partial charge in [0.25, 0.3) is 5.56 Å². The fourth-order valence-electron chi connectivity index (χ4n) is 4.11. The van der Waals surface area contributed by atoms with Crippen molar-refractivity contribution in [1.82, 2.24) is 14.1 Å². The second-order valence-electron chi connectivity index (χ2n) is 7.80. The summed E-state index contributed by atoms with van der Waals surface area (Å²) in [6.07, 6.45) is -4.80. The molecule has 3 aromatic heterocycles. The molecular formula is C23H12ClF4N3O4S. The Morgan fingerprint density at radius 2 is 1.86 bits per heavy atom. The van der Waals surface area contributed by atoms with Crippen molar-refractivity contribution in [1.29, 1.82) is 0 Å². The molecule has 0 fully saturated rings. The van der Waals surface area contributed by atoms with Crippen LogP contribution in [0.2, 0.25) is 5.02 Å². The predicted molar refractivity (Wildman–Crippen MR) is 126 cm³/mol. The Kier molecular flexibility index (Phi) is 5.52. The topological polar surface area (TPSA) is 97.1 Å². The molecule has 184 valence electrons. The first kappa shape index (κ1) is 23.8. The fourth-order valence-corrected chi connectivity index (χ4v) is 5.06. The first-order valence-electron chi connectivity index (χ1n) is 10.1. The molecule has 0 atom stereocenters. The Hall–Kier alpha value is -3.90. The van der Waals surface area contributed by atoms with Crippen LogP contribution in [0.3, 0.4) is 0 Å². The van der Waals surface area contributed by atoms with Crippen molar-refractivity contribution in [3.63, 3.8) is 0 Å². The number of thiophene rings is 1. The maximum atomic E-state index is 14.7. The number of hydrogen-bond acceptors (Lipinski definition) is 4. The second-order valence-corrected chi connectivity index (χ2v) is 8.95. The first-order chi connectivity index (χ1) is 17.0. The van der Waals surface area contributed by atoms with Crippen molar-refractivity contribution in [2.75, 3.05) is 0 Å². The lowest BCUT2D eigenvalue weighted by Gasteiger charge is -2.11. The zero-order valence-electron chi connectivity index (χ0n) is 17.7. The Balaban J connectivity index is 1.94. The van der Waals surface area contributed by atoms with Crippen LogP contribution in [0.1, 0.15) is 21.6 Å². The largest absolute Gasteiger partial charge is 0.477 e. The number of aromatic carboxylic acids is 1. The summed E-state index contributed by atoms with van der Waals surface area (Å²) in [5, 5.41) is 12.5. The maximum Gasteiger partial charge on any atom is 0.416 e. The lowest BCUT2D eigenvalue weighted by Crippen LogP contribution is -2.34. The molecule has 36 heavy (non-hydrogen) atoms. The van der Waals surface area contributed by atoms with Crippen molar-refractivity contribution in [3.8, 4) is 5.69 Å². The summed E-state index contributed by atoms with van der Waals surface area (Å²) in [6, 6.07) is 6.44. The highest BCUT2D eigenvalue weighted by Crippen LogP contribution is 2.36. The number of nitrogens with one attached hydrogen (secondary N) is 1. The van der Waals surface area contributed by atoms with Gasteiger partial charge in [-0.05, 0) is 24.3 Å². The van der Waals surface area contributed by atoms with Crippen molar-refractivity contribution in [3.05, 3.63) is 95.7 Å². The van der Waals surface area contributed by atoms with E-state index in [-0.39, 0.29) is 32.4 Å². The summed E-state index contributed by atoms with van der Waals surface area (Å²) < 4.78 is 56.9. The van der Waals surface area contributed by atoms with E-state index in [2.05, 4.69) is 4.98 Å². The molecule has 0 spiro atoms. The van der Waals surface area contributed by atoms with Gasteiger partial charge in [-0.15, -0.1) is 11.3 Å². The third-order valence-corrected chi connectivity index (χ3v) is 6.73. The average molecular weight is 538 g/mol. The van der Waals surface area contributed by atoms with Gasteiger partial charge in [-0.25, -0.2) is 18.5 Å². The highest BCUT2D eigenvalue weighted by atomic mass is 35.5. The van der Waals surface area contributed by atoms with Gasteiger partial charge in [0.15, 0.2) is 5.69 Å². The summed E-state index contributed by atoms with van der Waals surface area (Å²) in [4.78, 5) is 41.1. The number of fused-ring (bicyclic) bond motifs is 2. The third-order valence-electron chi connectivity index (χ3n) is 5.69. The van der Waals surface area contributed by atoms with E-state index in [0.29, 0.717) is 10.6 Å². The van der Waals surface area contributed by atoms with E-state index in [1.807, 2.05) is 0 Å². The van der Waals surface area contributed by atoms with Gasteiger partial charge in [-0.3, -0.25) is 4.79 Å². The predicted octanol–water partition coefficient (Wildman–Crippen LogP) is 5.25. The van der Waals surface area contributed by atoms with Crippen LogP contribution in [0.5, 0.6) is 0 Å². The van der Waals surface area contributed by atoms with E-state index < -0.39 is 52.7 Å². The number of hydrogen-bond donors (Lipinski definition) is 2. The van der Waals surface area contributed by atoms with E-state index in [1.165, 1.54) is 29.0 Å². The van der Waals surface area contributed by atoms with Crippen LogP contribution >= 0.6 is 22.9 Å². The number of carboxylic acids is 1. The first-order valence-corrected chi connectivity index (χ1v) is 11.4. The molecule has 3 heterocycles. The van der Waals surface area contributed by atoms with Crippen molar-refractivity contribution in [2.24, 2.45) is 0 Å². The number of rotatable bonds is 4. The SMILES string of the molecule is O=C(O)c1c(-n2c(=O)[nH]c3cscc3c2=O)c2cc(C(F)(F)F)ccc2n1Cc1cccc(Cl)c1F. The van der Waals surface area contributed by atoms with Gasteiger partial charge in [-0.2, -0.15) is 13.2 Å². The molecule has 0 radical (unpaired) electrons. The zero-order valence-corrected chi connectivity index (χ0v) is 19.3. The minimum Gasteiger partial charge on any atom is -0.477 e. The van der Waals surface area contributed by atoms with Crippen LogP contribution in [0, 0.1) is 5.82 Å². The molecule has 0 amide bonds. The molecule has 7 nitrogen and oxygen atoms in total.